The average molecular weight is 247 g/mol. The first-order valence-electron chi connectivity index (χ1n) is 5.32. The molecule has 0 fully saturated rings. The van der Waals surface area contributed by atoms with Gasteiger partial charge in [-0.15, -0.1) is 0 Å². The first kappa shape index (κ1) is 12.0. The smallest absolute Gasteiger partial charge is 0.274 e. The maximum Gasteiger partial charge on any atom is 0.274 e. The van der Waals surface area contributed by atoms with E-state index >= 15 is 0 Å². The fourth-order valence-corrected chi connectivity index (χ4v) is 1.56. The molecule has 1 N–H and O–H groups in total. The number of carbonyl (C=O) groups excluding carboxylic acids is 1. The van der Waals surface area contributed by atoms with Crippen molar-refractivity contribution in [2.45, 2.75) is 6.92 Å². The predicted octanol–water partition coefficient (Wildman–Crippen LogP) is 0.0745. The number of hydrogen-bond acceptors (Lipinski definition) is 4. The Labute approximate surface area is 103 Å². The van der Waals surface area contributed by atoms with Gasteiger partial charge in [-0.25, -0.2) is 4.68 Å². The summed E-state index contributed by atoms with van der Waals surface area (Å²) >= 11 is 0. The molecule has 0 atom stereocenters. The third kappa shape index (κ3) is 2.02. The lowest BCUT2D eigenvalue weighted by atomic mass is 10.2. The highest BCUT2D eigenvalue weighted by atomic mass is 16.2. The average Bonchev–Trinajstić information content (AvgIpc) is 2.72. The highest BCUT2D eigenvalue weighted by Crippen LogP contribution is 2.03. The highest BCUT2D eigenvalue weighted by Gasteiger charge is 2.13. The van der Waals surface area contributed by atoms with E-state index < -0.39 is 5.91 Å². The zero-order chi connectivity index (χ0) is 13.3. The van der Waals surface area contributed by atoms with Crippen molar-refractivity contribution in [3.63, 3.8) is 0 Å². The summed E-state index contributed by atoms with van der Waals surface area (Å²) in [5.41, 5.74) is 0.668. The molecule has 0 aromatic carbocycles. The lowest BCUT2D eigenvalue weighted by molar-refractivity contribution is 0.101. The monoisotopic (exact) mass is 247 g/mol. The molecule has 0 spiro atoms. The second-order valence-electron chi connectivity index (χ2n) is 3.93. The van der Waals surface area contributed by atoms with Crippen LogP contribution in [0.5, 0.6) is 0 Å². The van der Waals surface area contributed by atoms with Crippen molar-refractivity contribution in [1.29, 1.82) is 0 Å². The summed E-state index contributed by atoms with van der Waals surface area (Å²) in [6.45, 7) is 1.70. The minimum atomic E-state index is -0.397. The summed E-state index contributed by atoms with van der Waals surface area (Å²) < 4.78 is 2.74. The molecule has 0 saturated heterocycles. The molecule has 2 rings (SSSR count). The van der Waals surface area contributed by atoms with Gasteiger partial charge >= 0.3 is 0 Å². The Bertz CT molecular complexity index is 656. The molecular weight excluding hydrogens is 234 g/mol. The van der Waals surface area contributed by atoms with Gasteiger partial charge in [0.05, 0.1) is 0 Å². The van der Waals surface area contributed by atoms with Gasteiger partial charge in [0, 0.05) is 19.7 Å². The standard InChI is InChI=1S/C11H13N5O2/c1-7-4-5-8(15(2)10(7)18)9(17)14-11-12-6-13-16(11)3/h4-6H,1-3H3,(H,12,13,14,17). The summed E-state index contributed by atoms with van der Waals surface area (Å²) in [7, 11) is 3.22. The van der Waals surface area contributed by atoms with E-state index in [2.05, 4.69) is 15.4 Å². The van der Waals surface area contributed by atoms with E-state index in [0.29, 0.717) is 11.5 Å². The first-order chi connectivity index (χ1) is 8.50. The first-order valence-corrected chi connectivity index (χ1v) is 5.32. The molecule has 2 aromatic rings. The lowest BCUT2D eigenvalue weighted by Gasteiger charge is -2.08. The number of hydrogen-bond donors (Lipinski definition) is 1. The van der Waals surface area contributed by atoms with Crippen LogP contribution in [0.25, 0.3) is 0 Å². The van der Waals surface area contributed by atoms with E-state index in [-0.39, 0.29) is 11.3 Å². The van der Waals surface area contributed by atoms with Crippen molar-refractivity contribution in [1.82, 2.24) is 19.3 Å². The number of anilines is 1. The Kier molecular flexibility index (Phi) is 2.97. The Morgan fingerprint density at radius 2 is 2.06 bits per heavy atom. The van der Waals surface area contributed by atoms with Crippen LogP contribution in [0.1, 0.15) is 16.1 Å². The molecule has 94 valence electrons. The van der Waals surface area contributed by atoms with Crippen LogP contribution in [0.2, 0.25) is 0 Å². The molecule has 7 heteroatoms. The number of aromatic nitrogens is 4. The topological polar surface area (TPSA) is 81.8 Å². The Morgan fingerprint density at radius 1 is 1.33 bits per heavy atom. The van der Waals surface area contributed by atoms with Crippen molar-refractivity contribution >= 4 is 11.9 Å². The van der Waals surface area contributed by atoms with Crippen LogP contribution < -0.4 is 10.9 Å². The number of nitrogens with zero attached hydrogens (tertiary/aromatic N) is 4. The largest absolute Gasteiger partial charge is 0.307 e. The van der Waals surface area contributed by atoms with E-state index in [1.165, 1.54) is 15.6 Å². The minimum Gasteiger partial charge on any atom is -0.307 e. The molecule has 0 aliphatic heterocycles. The second-order valence-corrected chi connectivity index (χ2v) is 3.93. The van der Waals surface area contributed by atoms with Gasteiger partial charge in [0.25, 0.3) is 11.5 Å². The fraction of sp³-hybridized carbons (Fsp3) is 0.273. The predicted molar refractivity (Wildman–Crippen MR) is 65.4 cm³/mol. The van der Waals surface area contributed by atoms with Crippen LogP contribution in [-0.4, -0.2) is 25.2 Å². The number of aryl methyl sites for hydroxylation is 2. The second kappa shape index (κ2) is 4.44. The quantitative estimate of drug-likeness (QED) is 0.814. The zero-order valence-corrected chi connectivity index (χ0v) is 10.3. The van der Waals surface area contributed by atoms with E-state index in [9.17, 15) is 9.59 Å². The summed E-state index contributed by atoms with van der Waals surface area (Å²) in [5, 5.41) is 6.42. The van der Waals surface area contributed by atoms with Gasteiger partial charge in [-0.1, -0.05) is 6.07 Å². The molecule has 1 amide bonds. The zero-order valence-electron chi connectivity index (χ0n) is 10.3. The van der Waals surface area contributed by atoms with Gasteiger partial charge in [-0.3, -0.25) is 14.9 Å². The van der Waals surface area contributed by atoms with Gasteiger partial charge in [-0.2, -0.15) is 10.1 Å². The van der Waals surface area contributed by atoms with Gasteiger partial charge in [0.2, 0.25) is 5.95 Å². The van der Waals surface area contributed by atoms with Crippen LogP contribution >= 0.6 is 0 Å². The summed E-state index contributed by atoms with van der Waals surface area (Å²) in [4.78, 5) is 27.6. The van der Waals surface area contributed by atoms with Crippen LogP contribution in [0.3, 0.4) is 0 Å². The number of pyridine rings is 1. The van der Waals surface area contributed by atoms with Crippen molar-refractivity contribution in [3.05, 3.63) is 40.1 Å². The molecule has 2 heterocycles. The van der Waals surface area contributed by atoms with Gasteiger partial charge in [0.15, 0.2) is 0 Å². The third-order valence-electron chi connectivity index (χ3n) is 2.66. The van der Waals surface area contributed by atoms with Crippen LogP contribution in [-0.2, 0) is 14.1 Å². The molecular formula is C11H13N5O2. The third-order valence-corrected chi connectivity index (χ3v) is 2.66. The fourth-order valence-electron chi connectivity index (χ4n) is 1.56. The van der Waals surface area contributed by atoms with E-state index in [1.54, 1.807) is 33.2 Å². The van der Waals surface area contributed by atoms with Crippen LogP contribution in [0.4, 0.5) is 5.95 Å². The molecule has 0 aliphatic rings. The van der Waals surface area contributed by atoms with Crippen molar-refractivity contribution in [2.75, 3.05) is 5.32 Å². The van der Waals surface area contributed by atoms with Crippen LogP contribution in [0.15, 0.2) is 23.3 Å². The van der Waals surface area contributed by atoms with E-state index in [1.807, 2.05) is 0 Å². The number of rotatable bonds is 2. The van der Waals surface area contributed by atoms with Gasteiger partial charge < -0.3 is 4.57 Å². The molecule has 0 bridgehead atoms. The molecule has 7 nitrogen and oxygen atoms in total. The summed E-state index contributed by atoms with van der Waals surface area (Å²) in [5.74, 6) is -0.0706. The van der Waals surface area contributed by atoms with Gasteiger partial charge in [-0.05, 0) is 13.0 Å². The number of nitrogens with one attached hydrogen (secondary N) is 1. The minimum absolute atomic E-state index is 0.194. The number of carbonyl (C=O) groups is 1. The molecule has 0 unspecified atom stereocenters. The normalized spacial score (nSPS) is 10.4. The van der Waals surface area contributed by atoms with E-state index in [0.717, 1.165) is 0 Å². The number of amides is 1. The molecule has 2 aromatic heterocycles. The maximum atomic E-state index is 12.0. The Hall–Kier alpha value is -2.44. The molecule has 0 aliphatic carbocycles. The van der Waals surface area contributed by atoms with Crippen LogP contribution in [0, 0.1) is 6.92 Å². The molecule has 0 radical (unpaired) electrons. The van der Waals surface area contributed by atoms with Crippen molar-refractivity contribution in [2.24, 2.45) is 14.1 Å². The lowest BCUT2D eigenvalue weighted by Crippen LogP contribution is -2.28. The Morgan fingerprint density at radius 3 is 2.67 bits per heavy atom. The van der Waals surface area contributed by atoms with Gasteiger partial charge in [0.1, 0.15) is 12.0 Å². The molecule has 18 heavy (non-hydrogen) atoms. The highest BCUT2D eigenvalue weighted by molar-refractivity contribution is 6.02. The van der Waals surface area contributed by atoms with E-state index in [4.69, 9.17) is 0 Å². The van der Waals surface area contributed by atoms with Crippen molar-refractivity contribution in [3.8, 4) is 0 Å². The summed E-state index contributed by atoms with van der Waals surface area (Å²) in [6, 6.07) is 3.22. The SMILES string of the molecule is Cc1ccc(C(=O)Nc2ncnn2C)n(C)c1=O. The maximum absolute atomic E-state index is 12.0. The van der Waals surface area contributed by atoms with Crippen molar-refractivity contribution < 1.29 is 4.79 Å². The molecule has 0 saturated carbocycles. The Balaban J connectivity index is 2.33. The summed E-state index contributed by atoms with van der Waals surface area (Å²) in [6.07, 6.45) is 1.34.